The van der Waals surface area contributed by atoms with E-state index >= 15 is 0 Å². The number of rotatable bonds is 4. The molecular weight excluding hydrogens is 304 g/mol. The number of aromatic carboxylic acids is 1. The van der Waals surface area contributed by atoms with Gasteiger partial charge in [-0.15, -0.1) is 11.8 Å². The highest BCUT2D eigenvalue weighted by Crippen LogP contribution is 2.27. The van der Waals surface area contributed by atoms with Gasteiger partial charge < -0.3 is 5.11 Å². The summed E-state index contributed by atoms with van der Waals surface area (Å²) >= 11 is 4.77. The van der Waals surface area contributed by atoms with Gasteiger partial charge in [0.1, 0.15) is 0 Å². The topological polar surface area (TPSA) is 55.1 Å². The lowest BCUT2D eigenvalue weighted by molar-refractivity contribution is 0.0693. The fraction of sp³-hybridized carbons (Fsp3) is 0.0909. The second-order valence-corrected chi connectivity index (χ2v) is 5.17. The monoisotopic (exact) mass is 312 g/mol. The number of aromatic nitrogens is 2. The molecule has 4 nitrogen and oxygen atoms in total. The predicted molar refractivity (Wildman–Crippen MR) is 69.2 cm³/mol. The summed E-state index contributed by atoms with van der Waals surface area (Å²) < 4.78 is 2.61. The molecule has 0 bridgehead atoms. The van der Waals surface area contributed by atoms with Crippen molar-refractivity contribution in [3.63, 3.8) is 0 Å². The summed E-state index contributed by atoms with van der Waals surface area (Å²) in [6.07, 6.45) is 3.53. The van der Waals surface area contributed by atoms with Gasteiger partial charge in [0, 0.05) is 21.8 Å². The van der Waals surface area contributed by atoms with Crippen molar-refractivity contribution in [2.45, 2.75) is 10.8 Å². The van der Waals surface area contributed by atoms with Gasteiger partial charge in [0.15, 0.2) is 0 Å². The number of hydrogen-bond donors (Lipinski definition) is 1. The van der Waals surface area contributed by atoms with E-state index < -0.39 is 5.97 Å². The molecule has 0 fully saturated rings. The lowest BCUT2D eigenvalue weighted by atomic mass is 10.2. The molecule has 0 unspecified atom stereocenters. The first-order valence-corrected chi connectivity index (χ1v) is 6.58. The molecule has 0 saturated heterocycles. The standard InChI is InChI=1S/C11H9BrN2O2S/c12-8-2-3-9(11(15)16)10(6-8)17-7-14-5-1-4-13-14/h1-6H,7H2,(H,15,16). The van der Waals surface area contributed by atoms with E-state index in [4.69, 9.17) is 5.11 Å². The van der Waals surface area contributed by atoms with Gasteiger partial charge in [0.05, 0.1) is 11.4 Å². The zero-order chi connectivity index (χ0) is 12.3. The Morgan fingerprint density at radius 1 is 1.53 bits per heavy atom. The Labute approximate surface area is 111 Å². The number of carboxylic acid groups (broad SMARTS) is 1. The summed E-state index contributed by atoms with van der Waals surface area (Å²) in [6, 6.07) is 6.95. The van der Waals surface area contributed by atoms with Crippen molar-refractivity contribution in [3.8, 4) is 0 Å². The van der Waals surface area contributed by atoms with Gasteiger partial charge in [-0.25, -0.2) is 4.79 Å². The van der Waals surface area contributed by atoms with E-state index in [0.29, 0.717) is 11.4 Å². The maximum absolute atomic E-state index is 11.0. The van der Waals surface area contributed by atoms with Gasteiger partial charge in [-0.3, -0.25) is 4.68 Å². The SMILES string of the molecule is O=C(O)c1ccc(Br)cc1SCn1cccn1. The molecule has 0 aliphatic heterocycles. The zero-order valence-electron chi connectivity index (χ0n) is 8.71. The van der Waals surface area contributed by atoms with Crippen molar-refractivity contribution >= 4 is 33.7 Å². The van der Waals surface area contributed by atoms with E-state index in [2.05, 4.69) is 21.0 Å². The summed E-state index contributed by atoms with van der Waals surface area (Å²) in [4.78, 5) is 11.8. The molecule has 0 aliphatic carbocycles. The van der Waals surface area contributed by atoms with Crippen LogP contribution in [0.3, 0.4) is 0 Å². The van der Waals surface area contributed by atoms with Gasteiger partial charge in [-0.1, -0.05) is 15.9 Å². The van der Waals surface area contributed by atoms with Crippen LogP contribution in [0, 0.1) is 0 Å². The van der Waals surface area contributed by atoms with Gasteiger partial charge in [0.25, 0.3) is 0 Å². The number of benzene rings is 1. The van der Waals surface area contributed by atoms with Crippen molar-refractivity contribution in [2.75, 3.05) is 0 Å². The van der Waals surface area contributed by atoms with E-state index in [-0.39, 0.29) is 0 Å². The highest BCUT2D eigenvalue weighted by molar-refractivity contribution is 9.10. The third-order valence-electron chi connectivity index (χ3n) is 2.09. The second kappa shape index (κ2) is 5.37. The highest BCUT2D eigenvalue weighted by atomic mass is 79.9. The lowest BCUT2D eigenvalue weighted by Crippen LogP contribution is -2.00. The third-order valence-corrected chi connectivity index (χ3v) is 3.62. The first-order valence-electron chi connectivity index (χ1n) is 4.80. The van der Waals surface area contributed by atoms with Crippen LogP contribution in [0.4, 0.5) is 0 Å². The maximum Gasteiger partial charge on any atom is 0.336 e. The summed E-state index contributed by atoms with van der Waals surface area (Å²) in [5.74, 6) is -0.329. The Balaban J connectivity index is 2.19. The Kier molecular flexibility index (Phi) is 3.86. The number of carbonyl (C=O) groups is 1. The van der Waals surface area contributed by atoms with Crippen LogP contribution in [0.5, 0.6) is 0 Å². The summed E-state index contributed by atoms with van der Waals surface area (Å²) in [5.41, 5.74) is 0.311. The van der Waals surface area contributed by atoms with Crippen LogP contribution >= 0.6 is 27.7 Å². The summed E-state index contributed by atoms with van der Waals surface area (Å²) in [5, 5.41) is 13.1. The highest BCUT2D eigenvalue weighted by Gasteiger charge is 2.10. The number of hydrogen-bond acceptors (Lipinski definition) is 3. The average Bonchev–Trinajstić information content (AvgIpc) is 2.78. The molecule has 1 heterocycles. The first-order chi connectivity index (χ1) is 8.16. The van der Waals surface area contributed by atoms with Crippen LogP contribution in [0.2, 0.25) is 0 Å². The van der Waals surface area contributed by atoms with Crippen molar-refractivity contribution in [3.05, 3.63) is 46.7 Å². The molecule has 0 radical (unpaired) electrons. The van der Waals surface area contributed by atoms with Crippen molar-refractivity contribution in [1.82, 2.24) is 9.78 Å². The van der Waals surface area contributed by atoms with Gasteiger partial charge >= 0.3 is 5.97 Å². The van der Waals surface area contributed by atoms with Crippen LogP contribution in [0.1, 0.15) is 10.4 Å². The smallest absolute Gasteiger partial charge is 0.336 e. The number of thioether (sulfide) groups is 1. The second-order valence-electron chi connectivity index (χ2n) is 3.26. The van der Waals surface area contributed by atoms with Crippen molar-refractivity contribution in [2.24, 2.45) is 0 Å². The fourth-order valence-electron chi connectivity index (χ4n) is 1.30. The first kappa shape index (κ1) is 12.2. The molecule has 2 aromatic rings. The Hall–Kier alpha value is -1.27. The molecule has 1 aromatic heterocycles. The summed E-state index contributed by atoms with van der Waals surface area (Å²) in [7, 11) is 0. The molecule has 17 heavy (non-hydrogen) atoms. The van der Waals surface area contributed by atoms with Crippen LogP contribution in [0.15, 0.2) is 46.0 Å². The quantitative estimate of drug-likeness (QED) is 0.881. The minimum Gasteiger partial charge on any atom is -0.478 e. The molecule has 0 aliphatic rings. The molecule has 2 rings (SSSR count). The van der Waals surface area contributed by atoms with E-state index in [1.165, 1.54) is 11.8 Å². The molecule has 0 spiro atoms. The van der Waals surface area contributed by atoms with Crippen LogP contribution < -0.4 is 0 Å². The molecule has 0 saturated carbocycles. The molecule has 0 amide bonds. The minimum absolute atomic E-state index is 0.311. The predicted octanol–water partition coefficient (Wildman–Crippen LogP) is 3.09. The Morgan fingerprint density at radius 3 is 3.00 bits per heavy atom. The van der Waals surface area contributed by atoms with Gasteiger partial charge in [-0.05, 0) is 24.3 Å². The van der Waals surface area contributed by atoms with E-state index in [1.807, 2.05) is 12.3 Å². The van der Waals surface area contributed by atoms with E-state index in [1.54, 1.807) is 29.1 Å². The van der Waals surface area contributed by atoms with Crippen LogP contribution in [-0.4, -0.2) is 20.9 Å². The van der Waals surface area contributed by atoms with Gasteiger partial charge in [0.2, 0.25) is 0 Å². The number of nitrogens with zero attached hydrogens (tertiary/aromatic N) is 2. The molecule has 6 heteroatoms. The molecule has 1 N–H and O–H groups in total. The number of halogens is 1. The molecular formula is C11H9BrN2O2S. The minimum atomic E-state index is -0.916. The third kappa shape index (κ3) is 3.10. The lowest BCUT2D eigenvalue weighted by Gasteiger charge is -2.06. The Bertz CT molecular complexity index is 528. The van der Waals surface area contributed by atoms with E-state index in [9.17, 15) is 4.79 Å². The van der Waals surface area contributed by atoms with Crippen molar-refractivity contribution < 1.29 is 9.90 Å². The van der Waals surface area contributed by atoms with Gasteiger partial charge in [-0.2, -0.15) is 5.10 Å². The van der Waals surface area contributed by atoms with E-state index in [0.717, 1.165) is 9.37 Å². The zero-order valence-corrected chi connectivity index (χ0v) is 11.1. The normalized spacial score (nSPS) is 10.4. The van der Waals surface area contributed by atoms with Crippen LogP contribution in [-0.2, 0) is 5.88 Å². The average molecular weight is 313 g/mol. The molecule has 88 valence electrons. The maximum atomic E-state index is 11.0. The molecule has 0 atom stereocenters. The van der Waals surface area contributed by atoms with Crippen molar-refractivity contribution in [1.29, 1.82) is 0 Å². The fourth-order valence-corrected chi connectivity index (χ4v) is 2.76. The van der Waals surface area contributed by atoms with Crippen LogP contribution in [0.25, 0.3) is 0 Å². The molecule has 1 aromatic carbocycles. The summed E-state index contributed by atoms with van der Waals surface area (Å²) in [6.45, 7) is 0. The largest absolute Gasteiger partial charge is 0.478 e. The number of carboxylic acids is 1. The Morgan fingerprint density at radius 2 is 2.35 bits per heavy atom.